The summed E-state index contributed by atoms with van der Waals surface area (Å²) in [5, 5.41) is 19.6. The molecule has 1 aromatic rings. The van der Waals surface area contributed by atoms with E-state index in [1.54, 1.807) is 0 Å². The number of rotatable bonds is 5. The van der Waals surface area contributed by atoms with Gasteiger partial charge in [0, 0.05) is 6.42 Å². The monoisotopic (exact) mass is 316 g/mol. The minimum absolute atomic E-state index is 0.131. The molecule has 0 saturated heterocycles. The summed E-state index contributed by atoms with van der Waals surface area (Å²) >= 11 is 0. The maximum Gasteiger partial charge on any atom is 0.303 e. The molecule has 3 heteroatoms. The van der Waals surface area contributed by atoms with Crippen molar-refractivity contribution in [2.24, 2.45) is 5.92 Å². The molecule has 0 bridgehead atoms. The van der Waals surface area contributed by atoms with Crippen molar-refractivity contribution in [2.45, 2.75) is 64.7 Å². The molecule has 1 aromatic carbocycles. The lowest BCUT2D eigenvalue weighted by Crippen LogP contribution is -2.38. The zero-order valence-electron chi connectivity index (χ0n) is 14.6. The number of fused-ring (bicyclic) bond motifs is 1. The van der Waals surface area contributed by atoms with Crippen LogP contribution in [0.5, 0.6) is 5.75 Å². The second-order valence-electron chi connectivity index (χ2n) is 7.47. The van der Waals surface area contributed by atoms with E-state index in [0.29, 0.717) is 12.2 Å². The second-order valence-corrected chi connectivity index (χ2v) is 7.47. The summed E-state index contributed by atoms with van der Waals surface area (Å²) in [5.41, 5.74) is 4.12. The lowest BCUT2D eigenvalue weighted by atomic mass is 9.60. The van der Waals surface area contributed by atoms with Crippen LogP contribution in [0.3, 0.4) is 0 Å². The van der Waals surface area contributed by atoms with Gasteiger partial charge in [0.25, 0.3) is 0 Å². The van der Waals surface area contributed by atoms with Gasteiger partial charge in [-0.2, -0.15) is 0 Å². The average Bonchev–Trinajstić information content (AvgIpc) is 2.45. The molecule has 2 N–H and O–H groups in total. The molecule has 0 fully saturated rings. The number of carboxylic acids is 1. The summed E-state index contributed by atoms with van der Waals surface area (Å²) in [6.45, 7) is 12.4. The highest BCUT2D eigenvalue weighted by Gasteiger charge is 2.41. The Morgan fingerprint density at radius 3 is 2.61 bits per heavy atom. The minimum atomic E-state index is -0.776. The molecule has 0 aromatic heterocycles. The molecular weight excluding hydrogens is 288 g/mol. The highest BCUT2D eigenvalue weighted by Crippen LogP contribution is 2.49. The molecule has 0 amide bonds. The molecule has 0 spiro atoms. The van der Waals surface area contributed by atoms with E-state index in [1.807, 2.05) is 13.0 Å². The SMILES string of the molecule is C=C(C)[C@@H]1CCc2cc(C(C)C)c(O)cc2[C@@]1(C)CCC(=O)O. The number of phenols is 1. The quantitative estimate of drug-likeness (QED) is 0.769. The number of allylic oxidation sites excluding steroid dienone is 1. The Hall–Kier alpha value is -1.77. The zero-order valence-corrected chi connectivity index (χ0v) is 14.6. The van der Waals surface area contributed by atoms with Crippen molar-refractivity contribution in [3.8, 4) is 5.75 Å². The fourth-order valence-electron chi connectivity index (χ4n) is 4.12. The van der Waals surface area contributed by atoms with Gasteiger partial charge in [-0.1, -0.05) is 39.0 Å². The summed E-state index contributed by atoms with van der Waals surface area (Å²) in [4.78, 5) is 11.1. The molecule has 0 radical (unpaired) electrons. The number of aryl methyl sites for hydroxylation is 1. The number of benzene rings is 1. The number of carboxylic acid groups (broad SMARTS) is 1. The van der Waals surface area contributed by atoms with E-state index in [0.717, 1.165) is 29.5 Å². The topological polar surface area (TPSA) is 57.5 Å². The zero-order chi connectivity index (χ0) is 17.4. The van der Waals surface area contributed by atoms with E-state index in [-0.39, 0.29) is 23.7 Å². The van der Waals surface area contributed by atoms with Crippen LogP contribution in [-0.4, -0.2) is 16.2 Å². The summed E-state index contributed by atoms with van der Waals surface area (Å²) in [7, 11) is 0. The van der Waals surface area contributed by atoms with E-state index in [2.05, 4.69) is 33.4 Å². The van der Waals surface area contributed by atoms with E-state index in [1.165, 1.54) is 5.56 Å². The molecular formula is C20H28O3. The molecule has 1 aliphatic carbocycles. The van der Waals surface area contributed by atoms with Crippen LogP contribution >= 0.6 is 0 Å². The third kappa shape index (κ3) is 3.29. The number of hydrogen-bond acceptors (Lipinski definition) is 2. The Bertz CT molecular complexity index is 630. The van der Waals surface area contributed by atoms with Gasteiger partial charge in [-0.25, -0.2) is 0 Å². The van der Waals surface area contributed by atoms with Gasteiger partial charge in [0.2, 0.25) is 0 Å². The first-order valence-corrected chi connectivity index (χ1v) is 8.40. The van der Waals surface area contributed by atoms with Crippen LogP contribution in [0.25, 0.3) is 0 Å². The molecule has 0 unspecified atom stereocenters. The van der Waals surface area contributed by atoms with Crippen LogP contribution < -0.4 is 0 Å². The Kier molecular flexibility index (Phi) is 4.88. The fourth-order valence-corrected chi connectivity index (χ4v) is 4.12. The predicted molar refractivity (Wildman–Crippen MR) is 93.0 cm³/mol. The van der Waals surface area contributed by atoms with Gasteiger partial charge < -0.3 is 10.2 Å². The van der Waals surface area contributed by atoms with Crippen molar-refractivity contribution in [3.63, 3.8) is 0 Å². The van der Waals surface area contributed by atoms with Crippen molar-refractivity contribution < 1.29 is 15.0 Å². The van der Waals surface area contributed by atoms with Gasteiger partial charge >= 0.3 is 5.97 Å². The van der Waals surface area contributed by atoms with Gasteiger partial charge in [0.15, 0.2) is 0 Å². The first-order chi connectivity index (χ1) is 10.7. The van der Waals surface area contributed by atoms with Crippen molar-refractivity contribution in [2.75, 3.05) is 0 Å². The van der Waals surface area contributed by atoms with Crippen LogP contribution in [0.15, 0.2) is 24.3 Å². The highest BCUT2D eigenvalue weighted by atomic mass is 16.4. The van der Waals surface area contributed by atoms with E-state index < -0.39 is 5.97 Å². The van der Waals surface area contributed by atoms with E-state index >= 15 is 0 Å². The molecule has 0 aliphatic heterocycles. The Morgan fingerprint density at radius 1 is 1.43 bits per heavy atom. The Balaban J connectivity index is 2.55. The molecule has 1 aliphatic rings. The molecule has 2 rings (SSSR count). The van der Waals surface area contributed by atoms with E-state index in [4.69, 9.17) is 5.11 Å². The number of aliphatic carboxylic acids is 1. The van der Waals surface area contributed by atoms with Crippen molar-refractivity contribution in [3.05, 3.63) is 41.0 Å². The number of carbonyl (C=O) groups is 1. The molecule has 0 saturated carbocycles. The second kappa shape index (κ2) is 6.38. The first-order valence-electron chi connectivity index (χ1n) is 8.40. The minimum Gasteiger partial charge on any atom is -0.508 e. The maximum atomic E-state index is 11.1. The normalized spacial score (nSPS) is 23.6. The third-order valence-electron chi connectivity index (χ3n) is 5.41. The van der Waals surface area contributed by atoms with Crippen LogP contribution in [0.1, 0.15) is 69.6 Å². The molecule has 3 nitrogen and oxygen atoms in total. The number of phenolic OH excluding ortho intramolecular Hbond substituents is 1. The number of aromatic hydroxyl groups is 1. The molecule has 2 atom stereocenters. The Labute approximate surface area is 139 Å². The van der Waals surface area contributed by atoms with Crippen molar-refractivity contribution in [1.82, 2.24) is 0 Å². The fraction of sp³-hybridized carbons (Fsp3) is 0.550. The largest absolute Gasteiger partial charge is 0.508 e. The molecule has 0 heterocycles. The maximum absolute atomic E-state index is 11.1. The standard InChI is InChI=1S/C20H28O3/c1-12(2)15-10-14-6-7-16(13(3)4)20(5,9-8-19(22)23)17(14)11-18(15)21/h10-12,16,21H,3,6-9H2,1-2,4-5H3,(H,22,23)/t16-,20-/m0/s1. The molecule has 126 valence electrons. The smallest absolute Gasteiger partial charge is 0.303 e. The van der Waals surface area contributed by atoms with Gasteiger partial charge in [0.05, 0.1) is 0 Å². The van der Waals surface area contributed by atoms with Crippen LogP contribution in [0.2, 0.25) is 0 Å². The first kappa shape index (κ1) is 17.6. The van der Waals surface area contributed by atoms with Gasteiger partial charge in [0.1, 0.15) is 5.75 Å². The number of hydrogen-bond donors (Lipinski definition) is 2. The van der Waals surface area contributed by atoms with Gasteiger partial charge in [-0.05, 0) is 66.2 Å². The summed E-state index contributed by atoms with van der Waals surface area (Å²) in [5.74, 6) is 0.0626. The van der Waals surface area contributed by atoms with Crippen LogP contribution in [0.4, 0.5) is 0 Å². The highest BCUT2D eigenvalue weighted by molar-refractivity contribution is 5.67. The van der Waals surface area contributed by atoms with Crippen molar-refractivity contribution in [1.29, 1.82) is 0 Å². The predicted octanol–water partition coefficient (Wildman–Crippen LogP) is 4.78. The third-order valence-corrected chi connectivity index (χ3v) is 5.41. The van der Waals surface area contributed by atoms with Gasteiger partial charge in [-0.15, -0.1) is 0 Å². The lowest BCUT2D eigenvalue weighted by molar-refractivity contribution is -0.137. The van der Waals surface area contributed by atoms with E-state index in [9.17, 15) is 9.90 Å². The lowest BCUT2D eigenvalue weighted by Gasteiger charge is -2.44. The summed E-state index contributed by atoms with van der Waals surface area (Å²) < 4.78 is 0. The summed E-state index contributed by atoms with van der Waals surface area (Å²) in [6.07, 6.45) is 2.63. The van der Waals surface area contributed by atoms with Crippen LogP contribution in [-0.2, 0) is 16.6 Å². The van der Waals surface area contributed by atoms with Crippen molar-refractivity contribution >= 4 is 5.97 Å². The van der Waals surface area contributed by atoms with Crippen LogP contribution in [0, 0.1) is 5.92 Å². The Morgan fingerprint density at radius 2 is 2.09 bits per heavy atom. The van der Waals surface area contributed by atoms with Gasteiger partial charge in [-0.3, -0.25) is 4.79 Å². The average molecular weight is 316 g/mol. The molecule has 23 heavy (non-hydrogen) atoms. The summed E-state index contributed by atoms with van der Waals surface area (Å²) in [6, 6.07) is 3.99.